The number of carbonyl (C=O) groups excluding carboxylic acids is 1. The van der Waals surface area contributed by atoms with Gasteiger partial charge in [-0.15, -0.1) is 0 Å². The van der Waals surface area contributed by atoms with Crippen molar-refractivity contribution in [1.29, 1.82) is 0 Å². The first-order valence-corrected chi connectivity index (χ1v) is 11.9. The molecule has 2 aromatic rings. The first-order chi connectivity index (χ1) is 16.2. The van der Waals surface area contributed by atoms with Crippen LogP contribution in [0.2, 0.25) is 0 Å². The van der Waals surface area contributed by atoms with Crippen LogP contribution >= 0.6 is 7.59 Å². The Morgan fingerprint density at radius 1 is 0.882 bits per heavy atom. The summed E-state index contributed by atoms with van der Waals surface area (Å²) < 4.78 is 13.0. The van der Waals surface area contributed by atoms with Gasteiger partial charge in [-0.25, -0.2) is 19.8 Å². The number of aliphatic hydroxyl groups is 2. The molecule has 13 heteroatoms. The third-order valence-electron chi connectivity index (χ3n) is 4.55. The van der Waals surface area contributed by atoms with Gasteiger partial charge in [0.05, 0.1) is 24.3 Å². The maximum atomic E-state index is 13.0. The second-order valence-corrected chi connectivity index (χ2v) is 9.18. The van der Waals surface area contributed by atoms with Crippen molar-refractivity contribution in [2.75, 3.05) is 31.4 Å². The number of aromatic carboxylic acids is 1. The van der Waals surface area contributed by atoms with Crippen molar-refractivity contribution in [2.45, 2.75) is 12.5 Å². The Hall–Kier alpha value is -3.28. The van der Waals surface area contributed by atoms with E-state index in [4.69, 9.17) is 10.2 Å². The topological polar surface area (TPSA) is 197 Å². The summed E-state index contributed by atoms with van der Waals surface area (Å²) in [6.07, 6.45) is -0.135. The van der Waals surface area contributed by atoms with Crippen molar-refractivity contribution in [3.05, 3.63) is 65.2 Å². The zero-order valence-electron chi connectivity index (χ0n) is 18.1. The van der Waals surface area contributed by atoms with Gasteiger partial charge in [0.2, 0.25) is 0 Å². The largest absolute Gasteiger partial charge is 0.480 e. The number of amides is 1. The summed E-state index contributed by atoms with van der Waals surface area (Å²) in [5, 5.41) is 47.3. The van der Waals surface area contributed by atoms with E-state index in [0.717, 1.165) is 0 Å². The lowest BCUT2D eigenvalue weighted by molar-refractivity contribution is -0.139. The molecule has 0 aliphatic carbocycles. The number of hydrogen-bond donors (Lipinski definition) is 8. The maximum absolute atomic E-state index is 13.0. The lowest BCUT2D eigenvalue weighted by Crippen LogP contribution is -2.42. The van der Waals surface area contributed by atoms with Crippen LogP contribution in [0.1, 0.15) is 26.3 Å². The summed E-state index contributed by atoms with van der Waals surface area (Å²) in [6, 6.07) is 10.4. The zero-order chi connectivity index (χ0) is 25.1. The predicted molar refractivity (Wildman–Crippen MR) is 124 cm³/mol. The van der Waals surface area contributed by atoms with E-state index in [1.165, 1.54) is 24.3 Å². The maximum Gasteiger partial charge on any atom is 0.336 e. The van der Waals surface area contributed by atoms with Crippen LogP contribution in [0.25, 0.3) is 0 Å². The standard InChI is InChI=1S/C21H27N4O8P/c26-10-8-22-34(33,23-9-11-27)25-15-5-3-4-14(12-15)13-18(21(31)32)24-19(28)16-6-1-2-7-17(16)20(29)30/h1-7,12,18,26-27H,8-11,13H2,(H,24,28)(H,29,30)(H,31,32)(H3,22,23,25,33). The Morgan fingerprint density at radius 3 is 2.06 bits per heavy atom. The normalized spacial score (nSPS) is 12.1. The quantitative estimate of drug-likeness (QED) is 0.170. The molecule has 0 fully saturated rings. The van der Waals surface area contributed by atoms with Gasteiger partial charge in [-0.1, -0.05) is 24.3 Å². The number of nitrogens with one attached hydrogen (secondary N) is 4. The van der Waals surface area contributed by atoms with Gasteiger partial charge < -0.3 is 30.8 Å². The minimum Gasteiger partial charge on any atom is -0.480 e. The average Bonchev–Trinajstić information content (AvgIpc) is 2.81. The van der Waals surface area contributed by atoms with E-state index in [0.29, 0.717) is 11.3 Å². The van der Waals surface area contributed by atoms with Crippen LogP contribution in [0.5, 0.6) is 0 Å². The number of anilines is 1. The van der Waals surface area contributed by atoms with Crippen molar-refractivity contribution in [3.63, 3.8) is 0 Å². The molecule has 0 aliphatic rings. The molecule has 0 aromatic heterocycles. The molecule has 34 heavy (non-hydrogen) atoms. The fourth-order valence-corrected chi connectivity index (χ4v) is 4.64. The van der Waals surface area contributed by atoms with E-state index in [2.05, 4.69) is 20.6 Å². The molecule has 0 heterocycles. The van der Waals surface area contributed by atoms with Crippen LogP contribution in [0.3, 0.4) is 0 Å². The molecule has 0 saturated carbocycles. The summed E-state index contributed by atoms with van der Waals surface area (Å²) >= 11 is 0. The molecule has 1 unspecified atom stereocenters. The third-order valence-corrected chi connectivity index (χ3v) is 6.46. The molecule has 1 amide bonds. The highest BCUT2D eigenvalue weighted by molar-refractivity contribution is 7.61. The van der Waals surface area contributed by atoms with Crippen LogP contribution in [0, 0.1) is 0 Å². The number of carboxylic acids is 2. The first kappa shape index (κ1) is 27.0. The van der Waals surface area contributed by atoms with Crippen molar-refractivity contribution in [3.8, 4) is 0 Å². The van der Waals surface area contributed by atoms with Crippen LogP contribution in [0.4, 0.5) is 5.69 Å². The molecule has 0 radical (unpaired) electrons. The van der Waals surface area contributed by atoms with Gasteiger partial charge >= 0.3 is 19.5 Å². The van der Waals surface area contributed by atoms with Crippen LogP contribution in [-0.4, -0.2) is 70.6 Å². The Labute approximate surface area is 195 Å². The van der Waals surface area contributed by atoms with Gasteiger partial charge in [-0.3, -0.25) is 9.36 Å². The smallest absolute Gasteiger partial charge is 0.336 e. The van der Waals surface area contributed by atoms with Gasteiger partial charge in [-0.05, 0) is 29.8 Å². The number of aliphatic carboxylic acids is 1. The lowest BCUT2D eigenvalue weighted by atomic mass is 10.0. The van der Waals surface area contributed by atoms with Crippen molar-refractivity contribution >= 4 is 31.1 Å². The van der Waals surface area contributed by atoms with E-state index in [9.17, 15) is 29.2 Å². The first-order valence-electron chi connectivity index (χ1n) is 10.2. The highest BCUT2D eigenvalue weighted by Gasteiger charge is 2.25. The fourth-order valence-electron chi connectivity index (χ4n) is 3.04. The van der Waals surface area contributed by atoms with E-state index < -0.39 is 31.5 Å². The summed E-state index contributed by atoms with van der Waals surface area (Å²) in [4.78, 5) is 35.7. The second-order valence-electron chi connectivity index (χ2n) is 7.10. The Kier molecular flexibility index (Phi) is 10.2. The van der Waals surface area contributed by atoms with Gasteiger partial charge in [-0.2, -0.15) is 0 Å². The average molecular weight is 494 g/mol. The highest BCUT2D eigenvalue weighted by Crippen LogP contribution is 2.36. The van der Waals surface area contributed by atoms with E-state index in [1.807, 2.05) is 0 Å². The Balaban J connectivity index is 2.18. The molecule has 0 saturated heterocycles. The summed E-state index contributed by atoms with van der Waals surface area (Å²) in [5.74, 6) is -3.48. The van der Waals surface area contributed by atoms with Crippen LogP contribution in [-0.2, 0) is 15.8 Å². The number of hydrogen-bond acceptors (Lipinski definition) is 6. The van der Waals surface area contributed by atoms with E-state index >= 15 is 0 Å². The molecule has 0 bridgehead atoms. The second kappa shape index (κ2) is 12.8. The number of carboxylic acid groups (broad SMARTS) is 2. The molecule has 2 rings (SSSR count). The number of carbonyl (C=O) groups is 3. The Bertz CT molecular complexity index is 1050. The minimum absolute atomic E-state index is 0.0212. The monoisotopic (exact) mass is 494 g/mol. The molecule has 8 N–H and O–H groups in total. The highest BCUT2D eigenvalue weighted by atomic mass is 31.2. The predicted octanol–water partition coefficient (Wildman–Crippen LogP) is 0.494. The van der Waals surface area contributed by atoms with Gasteiger partial charge in [0.1, 0.15) is 6.04 Å². The molecule has 2 aromatic carbocycles. The molecular weight excluding hydrogens is 467 g/mol. The lowest BCUT2D eigenvalue weighted by Gasteiger charge is -2.22. The van der Waals surface area contributed by atoms with Crippen molar-refractivity contribution < 1.29 is 39.4 Å². The number of benzene rings is 2. The van der Waals surface area contributed by atoms with Gasteiger partial charge in [0.25, 0.3) is 5.91 Å². The molecule has 1 atom stereocenters. The number of rotatable bonds is 14. The summed E-state index contributed by atoms with van der Waals surface area (Å²) in [7, 11) is -3.44. The van der Waals surface area contributed by atoms with Gasteiger partial charge in [0.15, 0.2) is 0 Å². The van der Waals surface area contributed by atoms with Crippen LogP contribution in [0.15, 0.2) is 48.5 Å². The molecule has 184 valence electrons. The molecule has 12 nitrogen and oxygen atoms in total. The van der Waals surface area contributed by atoms with Crippen molar-refractivity contribution in [1.82, 2.24) is 15.5 Å². The molecule has 0 spiro atoms. The van der Waals surface area contributed by atoms with Crippen molar-refractivity contribution in [2.24, 2.45) is 0 Å². The zero-order valence-corrected chi connectivity index (χ0v) is 19.0. The SMILES string of the molecule is O=C(O)c1ccccc1C(=O)NC(Cc1cccc(NP(=O)(NCCO)NCCO)c1)C(=O)O. The van der Waals surface area contributed by atoms with Crippen LogP contribution < -0.4 is 20.6 Å². The Morgan fingerprint density at radius 2 is 1.50 bits per heavy atom. The molecular formula is C21H27N4O8P. The minimum atomic E-state index is -3.44. The fraction of sp³-hybridized carbons (Fsp3) is 0.286. The summed E-state index contributed by atoms with van der Waals surface area (Å²) in [6.45, 7) is -0.490. The third kappa shape index (κ3) is 7.94. The molecule has 0 aliphatic heterocycles. The van der Waals surface area contributed by atoms with E-state index in [-0.39, 0.29) is 43.9 Å². The van der Waals surface area contributed by atoms with E-state index in [1.54, 1.807) is 24.3 Å². The summed E-state index contributed by atoms with van der Waals surface area (Å²) in [5.41, 5.74) is 0.433. The van der Waals surface area contributed by atoms with Gasteiger partial charge in [0, 0.05) is 25.2 Å². The number of aliphatic hydroxyl groups excluding tert-OH is 2.